The molecule has 96 valence electrons. The Labute approximate surface area is 87.7 Å². The van der Waals surface area contributed by atoms with E-state index in [-0.39, 0.29) is 11.9 Å². The smallest absolute Gasteiger partial charge is 0.291 e. The molecule has 14 heteroatoms. The van der Waals surface area contributed by atoms with Crippen LogP contribution in [0.1, 0.15) is 0 Å². The van der Waals surface area contributed by atoms with Crippen LogP contribution in [0.25, 0.3) is 0 Å². The Hall–Kier alpha value is -3.06. The first kappa shape index (κ1) is 23.1. The lowest BCUT2D eigenvalue weighted by atomic mass is 11.1. The van der Waals surface area contributed by atoms with Gasteiger partial charge in [0.25, 0.3) is 10.2 Å². The van der Waals surface area contributed by atoms with Crippen LogP contribution >= 0.6 is 0 Å². The average molecular weight is 244 g/mol. The molecule has 0 bridgehead atoms. The van der Waals surface area contributed by atoms with Crippen LogP contribution in [-0.2, 0) is 0 Å². The second kappa shape index (κ2) is 17.9. The van der Waals surface area contributed by atoms with E-state index in [4.69, 9.17) is 41.5 Å². The number of hydrogen-bond acceptors (Lipinski definition) is 6. The summed E-state index contributed by atoms with van der Waals surface area (Å²) in [6.07, 6.45) is 0. The molecule has 0 unspecified atom stereocenters. The van der Waals surface area contributed by atoms with Crippen molar-refractivity contribution >= 4 is 11.9 Å². The lowest BCUT2D eigenvalue weighted by Gasteiger charge is -1.69. The lowest BCUT2D eigenvalue weighted by molar-refractivity contribution is -0.742. The summed E-state index contributed by atoms with van der Waals surface area (Å²) in [7, 11) is 0. The largest absolute Gasteiger partial charge is 0.370 e. The first-order chi connectivity index (χ1) is 6.93. The molecule has 12 N–H and O–H groups in total. The highest BCUT2D eigenvalue weighted by molar-refractivity contribution is 5.72. The van der Waals surface area contributed by atoms with Crippen LogP contribution < -0.4 is 22.9 Å². The Balaban J connectivity index is -0.0000000600. The third-order valence-electron chi connectivity index (χ3n) is 0. The minimum absolute atomic E-state index is 0.333. The van der Waals surface area contributed by atoms with E-state index >= 15 is 0 Å². The van der Waals surface area contributed by atoms with Gasteiger partial charge in [0.2, 0.25) is 0 Å². The molecule has 0 atom stereocenters. The molecule has 14 nitrogen and oxygen atoms in total. The first-order valence-electron chi connectivity index (χ1n) is 2.78. The zero-order chi connectivity index (χ0) is 14.3. The van der Waals surface area contributed by atoms with Crippen molar-refractivity contribution < 1.29 is 20.6 Å². The number of hydrogen-bond donors (Lipinski definition) is 8. The Morgan fingerprint density at radius 2 is 0.875 bits per heavy atom. The van der Waals surface area contributed by atoms with Crippen LogP contribution in [0.3, 0.4) is 0 Å². The average Bonchev–Trinajstić information content (AvgIpc) is 1.76. The molecule has 0 rings (SSSR count). The maximum atomic E-state index is 8.36. The summed E-state index contributed by atoms with van der Waals surface area (Å²) in [6, 6.07) is 0. The van der Waals surface area contributed by atoms with Crippen LogP contribution in [-0.4, -0.2) is 32.5 Å². The van der Waals surface area contributed by atoms with Crippen molar-refractivity contribution in [3.8, 4) is 0 Å². The molecule has 0 saturated heterocycles. The fraction of sp³-hybridized carbons (Fsp3) is 0. The molecule has 0 saturated carbocycles. The van der Waals surface area contributed by atoms with Crippen LogP contribution in [0.2, 0.25) is 0 Å². The molecule has 0 amide bonds. The fourth-order valence-corrected chi connectivity index (χ4v) is 0. The molecule has 0 aliphatic rings. The van der Waals surface area contributed by atoms with Gasteiger partial charge in [-0.25, -0.2) is 0 Å². The van der Waals surface area contributed by atoms with Crippen molar-refractivity contribution in [2.24, 2.45) is 22.9 Å². The van der Waals surface area contributed by atoms with E-state index in [2.05, 4.69) is 22.9 Å². The predicted molar refractivity (Wildman–Crippen MR) is 49.8 cm³/mol. The van der Waals surface area contributed by atoms with Crippen molar-refractivity contribution in [3.63, 3.8) is 0 Å². The normalized spacial score (nSPS) is 6.00. The zero-order valence-electron chi connectivity index (χ0n) is 7.73. The maximum absolute atomic E-state index is 8.36. The number of nitrogens with two attached hydrogens (primary N) is 4. The quantitative estimate of drug-likeness (QED) is 0.0922. The molecule has 0 aromatic rings. The van der Waals surface area contributed by atoms with Gasteiger partial charge in [-0.2, -0.15) is 0 Å². The molecule has 0 aliphatic heterocycles. The van der Waals surface area contributed by atoms with Gasteiger partial charge in [0.15, 0.2) is 11.9 Å². The molecule has 0 radical (unpaired) electrons. The van der Waals surface area contributed by atoms with Crippen molar-refractivity contribution in [1.82, 2.24) is 0 Å². The summed E-state index contributed by atoms with van der Waals surface area (Å²) in [4.78, 5) is 16.7. The van der Waals surface area contributed by atoms with Crippen LogP contribution in [0, 0.1) is 31.0 Å². The lowest BCUT2D eigenvalue weighted by Crippen LogP contribution is -2.20. The topological polar surface area (TPSA) is 279 Å². The summed E-state index contributed by atoms with van der Waals surface area (Å²) in [5, 5.41) is 39.4. The molecule has 0 aromatic carbocycles. The summed E-state index contributed by atoms with van der Waals surface area (Å²) in [5.74, 6) is -0.667. The van der Waals surface area contributed by atoms with Gasteiger partial charge in [0.1, 0.15) is 0 Å². The third kappa shape index (κ3) is 115. The van der Waals surface area contributed by atoms with Gasteiger partial charge in [-0.1, -0.05) is 0 Å². The van der Waals surface area contributed by atoms with E-state index in [1.165, 1.54) is 0 Å². The van der Waals surface area contributed by atoms with Crippen LogP contribution in [0.15, 0.2) is 0 Å². The monoisotopic (exact) mass is 244 g/mol. The number of nitrogens with zero attached hydrogens (tertiary/aromatic N) is 2. The summed E-state index contributed by atoms with van der Waals surface area (Å²) < 4.78 is 0. The zero-order valence-corrected chi connectivity index (χ0v) is 7.73. The number of rotatable bonds is 0. The van der Waals surface area contributed by atoms with E-state index < -0.39 is 10.2 Å². The third-order valence-corrected chi connectivity index (χ3v) is 0. The van der Waals surface area contributed by atoms with E-state index in [1.54, 1.807) is 0 Å². The highest BCUT2D eigenvalue weighted by Gasteiger charge is 1.65. The van der Waals surface area contributed by atoms with Gasteiger partial charge < -0.3 is 33.3 Å². The minimum atomic E-state index is -1.50. The second-order valence-corrected chi connectivity index (χ2v) is 1.39. The molecule has 0 aromatic heterocycles. The minimum Gasteiger partial charge on any atom is -0.370 e. The van der Waals surface area contributed by atoms with Crippen molar-refractivity contribution in [2.45, 2.75) is 0 Å². The summed E-state index contributed by atoms with van der Waals surface area (Å²) in [5.41, 5.74) is 17.9. The van der Waals surface area contributed by atoms with Crippen molar-refractivity contribution in [1.29, 1.82) is 10.8 Å². The SMILES string of the molecule is N=C(N)N.N=C(N)N.O=[N+]([O-])O.O=[N+]([O-])O. The Bertz CT molecular complexity index is 163. The van der Waals surface area contributed by atoms with Gasteiger partial charge >= 0.3 is 0 Å². The maximum Gasteiger partial charge on any atom is 0.291 e. The summed E-state index contributed by atoms with van der Waals surface area (Å²) >= 11 is 0. The van der Waals surface area contributed by atoms with Gasteiger partial charge in [0.05, 0.1) is 0 Å². The van der Waals surface area contributed by atoms with Crippen LogP contribution in [0.5, 0.6) is 0 Å². The molecule has 0 heterocycles. The van der Waals surface area contributed by atoms with E-state index in [0.29, 0.717) is 0 Å². The van der Waals surface area contributed by atoms with E-state index in [9.17, 15) is 0 Å². The van der Waals surface area contributed by atoms with Crippen molar-refractivity contribution in [3.05, 3.63) is 20.2 Å². The Morgan fingerprint density at radius 1 is 0.875 bits per heavy atom. The van der Waals surface area contributed by atoms with E-state index in [1.807, 2.05) is 0 Å². The Kier molecular flexibility index (Phi) is 25.8. The predicted octanol–water partition coefficient (Wildman–Crippen LogP) is -3.02. The fourth-order valence-electron chi connectivity index (χ4n) is 0. The number of nitrogens with one attached hydrogen (secondary N) is 2. The molecule has 0 spiro atoms. The molecule has 0 fully saturated rings. The van der Waals surface area contributed by atoms with Gasteiger partial charge in [-0.15, -0.1) is 20.2 Å². The number of guanidine groups is 2. The molecule has 0 aliphatic carbocycles. The standard InChI is InChI=1S/2CH5N3.2HNO3/c4*2-1(3)4/h2*(H5,2,3,4);2*(H,2,3,4). The first-order valence-corrected chi connectivity index (χ1v) is 2.78. The second-order valence-electron chi connectivity index (χ2n) is 1.39. The van der Waals surface area contributed by atoms with Crippen LogP contribution in [0.4, 0.5) is 0 Å². The molecular weight excluding hydrogens is 232 g/mol. The van der Waals surface area contributed by atoms with Gasteiger partial charge in [-0.3, -0.25) is 10.8 Å². The van der Waals surface area contributed by atoms with Gasteiger partial charge in [0, 0.05) is 0 Å². The Morgan fingerprint density at radius 3 is 0.875 bits per heavy atom. The highest BCUT2D eigenvalue weighted by atomic mass is 16.9. The van der Waals surface area contributed by atoms with Crippen molar-refractivity contribution in [2.75, 3.05) is 0 Å². The van der Waals surface area contributed by atoms with Gasteiger partial charge in [-0.05, 0) is 0 Å². The molecular formula is C2H12N8O6. The highest BCUT2D eigenvalue weighted by Crippen LogP contribution is 1.38. The van der Waals surface area contributed by atoms with E-state index in [0.717, 1.165) is 0 Å². The summed E-state index contributed by atoms with van der Waals surface area (Å²) in [6.45, 7) is 0. The molecule has 16 heavy (non-hydrogen) atoms.